The molecule has 0 atom stereocenters. The summed E-state index contributed by atoms with van der Waals surface area (Å²) in [6.07, 6.45) is 0. The Balaban J connectivity index is 2.23. The van der Waals surface area contributed by atoms with Crippen LogP contribution in [0.15, 0.2) is 40.9 Å². The topological polar surface area (TPSA) is 35.5 Å². The van der Waals surface area contributed by atoms with Gasteiger partial charge >= 0.3 is 5.97 Å². The molecule has 0 unspecified atom stereocenters. The van der Waals surface area contributed by atoms with E-state index in [0.717, 1.165) is 6.07 Å². The quantitative estimate of drug-likeness (QED) is 0.611. The molecule has 0 aliphatic carbocycles. The van der Waals surface area contributed by atoms with Gasteiger partial charge in [0.05, 0.1) is 12.7 Å². The molecule has 0 bridgehead atoms. The average molecular weight is 357 g/mol. The maximum absolute atomic E-state index is 13.6. The molecule has 3 nitrogen and oxygen atoms in total. The fraction of sp³-hybridized carbons (Fsp3) is 0.133. The van der Waals surface area contributed by atoms with Crippen molar-refractivity contribution in [3.63, 3.8) is 0 Å². The van der Waals surface area contributed by atoms with E-state index in [1.807, 2.05) is 0 Å². The van der Waals surface area contributed by atoms with Crippen LogP contribution in [0.5, 0.6) is 5.75 Å². The molecule has 2 rings (SSSR count). The van der Waals surface area contributed by atoms with E-state index in [-0.39, 0.29) is 12.4 Å². The Kier molecular flexibility index (Phi) is 4.90. The first kappa shape index (κ1) is 15.4. The molecule has 0 aromatic heterocycles. The minimum absolute atomic E-state index is 0.0852. The summed E-state index contributed by atoms with van der Waals surface area (Å²) in [5.41, 5.74) is 0.833. The van der Waals surface area contributed by atoms with Crippen LogP contribution in [0.4, 0.5) is 8.78 Å². The van der Waals surface area contributed by atoms with Crippen LogP contribution < -0.4 is 4.74 Å². The van der Waals surface area contributed by atoms with Crippen LogP contribution in [0, 0.1) is 11.6 Å². The summed E-state index contributed by atoms with van der Waals surface area (Å²) in [7, 11) is 1.27. The zero-order valence-electron chi connectivity index (χ0n) is 11.0. The lowest BCUT2D eigenvalue weighted by molar-refractivity contribution is 0.0597. The number of benzene rings is 2. The average Bonchev–Trinajstić information content (AvgIpc) is 2.49. The highest BCUT2D eigenvalue weighted by atomic mass is 79.9. The molecule has 0 N–H and O–H groups in total. The second-order valence-electron chi connectivity index (χ2n) is 4.14. The van der Waals surface area contributed by atoms with E-state index in [9.17, 15) is 13.6 Å². The van der Waals surface area contributed by atoms with Crippen molar-refractivity contribution < 1.29 is 23.0 Å². The summed E-state index contributed by atoms with van der Waals surface area (Å²) in [6, 6.07) is 8.93. The van der Waals surface area contributed by atoms with E-state index in [0.29, 0.717) is 15.6 Å². The first-order valence-electron chi connectivity index (χ1n) is 5.96. The van der Waals surface area contributed by atoms with E-state index in [2.05, 4.69) is 20.7 Å². The molecule has 0 amide bonds. The van der Waals surface area contributed by atoms with E-state index in [1.54, 1.807) is 24.3 Å². The Morgan fingerprint density at radius 1 is 1.24 bits per heavy atom. The van der Waals surface area contributed by atoms with Gasteiger partial charge in [-0.1, -0.05) is 34.1 Å². The zero-order chi connectivity index (χ0) is 15.4. The molecule has 2 aromatic carbocycles. The van der Waals surface area contributed by atoms with Crippen molar-refractivity contribution in [2.45, 2.75) is 6.61 Å². The van der Waals surface area contributed by atoms with Gasteiger partial charge in [-0.2, -0.15) is 4.39 Å². The summed E-state index contributed by atoms with van der Waals surface area (Å²) in [4.78, 5) is 11.6. The maximum Gasteiger partial charge on any atom is 0.338 e. The molecule has 110 valence electrons. The number of carbonyl (C=O) groups is 1. The second-order valence-corrected chi connectivity index (χ2v) is 5.05. The third kappa shape index (κ3) is 3.58. The summed E-state index contributed by atoms with van der Waals surface area (Å²) < 4.78 is 37.1. The number of ether oxygens (including phenoxy) is 2. The van der Waals surface area contributed by atoms with Gasteiger partial charge in [0.2, 0.25) is 5.82 Å². The lowest BCUT2D eigenvalue weighted by Crippen LogP contribution is -2.08. The van der Waals surface area contributed by atoms with Gasteiger partial charge in [0.25, 0.3) is 0 Å². The number of methoxy groups -OCH3 is 1. The van der Waals surface area contributed by atoms with Crippen LogP contribution in [0.1, 0.15) is 15.9 Å². The van der Waals surface area contributed by atoms with Crippen molar-refractivity contribution >= 4 is 21.9 Å². The summed E-state index contributed by atoms with van der Waals surface area (Å²) in [6.45, 7) is -0.0852. The summed E-state index contributed by atoms with van der Waals surface area (Å²) >= 11 is 3.06. The Hall–Kier alpha value is -1.95. The molecule has 6 heteroatoms. The Labute approximate surface area is 128 Å². The predicted molar refractivity (Wildman–Crippen MR) is 76.2 cm³/mol. The number of rotatable bonds is 4. The minimum atomic E-state index is -1.08. The molecule has 2 aromatic rings. The summed E-state index contributed by atoms with van der Waals surface area (Å²) in [5, 5.41) is 0. The third-order valence-corrected chi connectivity index (χ3v) is 3.22. The predicted octanol–water partition coefficient (Wildman–Crippen LogP) is 4.09. The van der Waals surface area contributed by atoms with E-state index < -0.39 is 17.6 Å². The van der Waals surface area contributed by atoms with Crippen molar-refractivity contribution in [2.75, 3.05) is 7.11 Å². The van der Waals surface area contributed by atoms with Crippen LogP contribution in [0.2, 0.25) is 0 Å². The van der Waals surface area contributed by atoms with Crippen molar-refractivity contribution in [1.82, 2.24) is 0 Å². The van der Waals surface area contributed by atoms with Gasteiger partial charge < -0.3 is 9.47 Å². The monoisotopic (exact) mass is 356 g/mol. The molecule has 0 saturated carbocycles. The molecular formula is C15H11BrF2O3. The number of carbonyl (C=O) groups excluding carboxylic acids is 1. The fourth-order valence-electron chi connectivity index (χ4n) is 1.75. The van der Waals surface area contributed by atoms with Crippen LogP contribution in [0.25, 0.3) is 0 Å². The van der Waals surface area contributed by atoms with Crippen LogP contribution in [-0.2, 0) is 11.3 Å². The highest BCUT2D eigenvalue weighted by molar-refractivity contribution is 9.10. The molecular weight excluding hydrogens is 346 g/mol. The van der Waals surface area contributed by atoms with Crippen molar-refractivity contribution in [2.24, 2.45) is 0 Å². The normalized spacial score (nSPS) is 10.3. The van der Waals surface area contributed by atoms with Gasteiger partial charge in [-0.3, -0.25) is 0 Å². The first-order chi connectivity index (χ1) is 10.0. The van der Waals surface area contributed by atoms with Crippen molar-refractivity contribution in [3.8, 4) is 5.75 Å². The molecule has 0 spiro atoms. The molecule has 0 saturated heterocycles. The highest BCUT2D eigenvalue weighted by Gasteiger charge is 2.14. The Morgan fingerprint density at radius 2 is 1.95 bits per heavy atom. The van der Waals surface area contributed by atoms with E-state index in [1.165, 1.54) is 13.2 Å². The molecule has 0 heterocycles. The third-order valence-electron chi connectivity index (χ3n) is 2.77. The molecule has 0 fully saturated rings. The van der Waals surface area contributed by atoms with E-state index >= 15 is 0 Å². The fourth-order valence-corrected chi connectivity index (χ4v) is 2.16. The number of hydrogen-bond donors (Lipinski definition) is 0. The maximum atomic E-state index is 13.6. The van der Waals surface area contributed by atoms with E-state index in [4.69, 9.17) is 4.74 Å². The second kappa shape index (κ2) is 6.67. The highest BCUT2D eigenvalue weighted by Crippen LogP contribution is 2.26. The molecule has 0 aliphatic rings. The molecule has 0 radical (unpaired) electrons. The van der Waals surface area contributed by atoms with Crippen molar-refractivity contribution in [1.29, 1.82) is 0 Å². The molecule has 21 heavy (non-hydrogen) atoms. The largest absolute Gasteiger partial charge is 0.486 e. The van der Waals surface area contributed by atoms with Crippen LogP contribution in [-0.4, -0.2) is 13.1 Å². The van der Waals surface area contributed by atoms with Gasteiger partial charge in [0.1, 0.15) is 6.61 Å². The SMILES string of the molecule is COC(=O)c1ccccc1COc1cc(Br)cc(F)c1F. The van der Waals surface area contributed by atoms with Gasteiger partial charge in [-0.15, -0.1) is 0 Å². The van der Waals surface area contributed by atoms with Crippen LogP contribution in [0.3, 0.4) is 0 Å². The lowest BCUT2D eigenvalue weighted by atomic mass is 10.1. The zero-order valence-corrected chi connectivity index (χ0v) is 12.6. The van der Waals surface area contributed by atoms with Gasteiger partial charge in [0, 0.05) is 10.0 Å². The number of hydrogen-bond acceptors (Lipinski definition) is 3. The van der Waals surface area contributed by atoms with Gasteiger partial charge in [-0.05, 0) is 18.2 Å². The van der Waals surface area contributed by atoms with Crippen LogP contribution >= 0.6 is 15.9 Å². The van der Waals surface area contributed by atoms with Gasteiger partial charge in [-0.25, -0.2) is 9.18 Å². The Morgan fingerprint density at radius 3 is 2.67 bits per heavy atom. The molecule has 0 aliphatic heterocycles. The van der Waals surface area contributed by atoms with Gasteiger partial charge in [0.15, 0.2) is 11.6 Å². The minimum Gasteiger partial charge on any atom is -0.486 e. The standard InChI is InChI=1S/C15H11BrF2O3/c1-20-15(19)11-5-3-2-4-9(11)8-21-13-7-10(16)6-12(17)14(13)18/h2-7H,8H2,1H3. The van der Waals surface area contributed by atoms with Crippen molar-refractivity contribution in [3.05, 3.63) is 63.6 Å². The number of esters is 1. The lowest BCUT2D eigenvalue weighted by Gasteiger charge is -2.11. The summed E-state index contributed by atoms with van der Waals surface area (Å²) in [5.74, 6) is -2.84. The number of halogens is 3. The Bertz CT molecular complexity index is 674. The smallest absolute Gasteiger partial charge is 0.338 e. The first-order valence-corrected chi connectivity index (χ1v) is 6.75.